The Bertz CT molecular complexity index is 1100. The van der Waals surface area contributed by atoms with Gasteiger partial charge in [-0.1, -0.05) is 50.6 Å². The van der Waals surface area contributed by atoms with E-state index >= 15 is 0 Å². The van der Waals surface area contributed by atoms with Gasteiger partial charge in [-0.3, -0.25) is 4.98 Å². The number of benzene rings is 1. The Morgan fingerprint density at radius 2 is 1.82 bits per heavy atom. The second-order valence-corrected chi connectivity index (χ2v) is 8.08. The number of nitriles is 1. The van der Waals surface area contributed by atoms with Crippen LogP contribution in [0.1, 0.15) is 45.1 Å². The van der Waals surface area contributed by atoms with Crippen LogP contribution in [-0.2, 0) is 0 Å². The third-order valence-electron chi connectivity index (χ3n) is 4.81. The Kier molecular flexibility index (Phi) is 9.33. The first-order valence-electron chi connectivity index (χ1n) is 11.1. The number of unbranched alkanes of at least 4 members (excludes halogenated alkanes) is 2. The normalized spacial score (nSPS) is 10.5. The predicted octanol–water partition coefficient (Wildman–Crippen LogP) is 6.23. The Balaban J connectivity index is 1.91. The molecule has 1 N–H and O–H groups in total. The molecule has 33 heavy (non-hydrogen) atoms. The summed E-state index contributed by atoms with van der Waals surface area (Å²) < 4.78 is 11.7. The van der Waals surface area contributed by atoms with E-state index in [0.29, 0.717) is 30.1 Å². The first-order valence-corrected chi connectivity index (χ1v) is 12.4. The molecule has 0 aliphatic carbocycles. The van der Waals surface area contributed by atoms with Gasteiger partial charge in [0.25, 0.3) is 0 Å². The van der Waals surface area contributed by atoms with Gasteiger partial charge >= 0.3 is 0 Å². The number of nitrogens with one attached hydrogen (secondary N) is 1. The van der Waals surface area contributed by atoms with E-state index in [0.717, 1.165) is 48.4 Å². The molecule has 0 bridgehead atoms. The number of hydrogen-bond acceptors (Lipinski definition) is 8. The predicted molar refractivity (Wildman–Crippen MR) is 132 cm³/mol. The van der Waals surface area contributed by atoms with E-state index < -0.39 is 0 Å². The van der Waals surface area contributed by atoms with Crippen molar-refractivity contribution in [2.24, 2.45) is 0 Å². The Hall–Kier alpha value is -3.31. The summed E-state index contributed by atoms with van der Waals surface area (Å²) in [7, 11) is 0. The molecule has 3 aromatic rings. The van der Waals surface area contributed by atoms with Crippen LogP contribution >= 0.6 is 11.8 Å². The van der Waals surface area contributed by atoms with E-state index in [9.17, 15) is 5.26 Å². The van der Waals surface area contributed by atoms with Gasteiger partial charge in [0, 0.05) is 17.4 Å². The highest BCUT2D eigenvalue weighted by molar-refractivity contribution is 7.98. The third-order valence-corrected chi connectivity index (χ3v) is 5.36. The zero-order valence-electron chi connectivity index (χ0n) is 19.3. The van der Waals surface area contributed by atoms with Gasteiger partial charge in [-0.15, -0.1) is 0 Å². The molecule has 0 fully saturated rings. The highest BCUT2D eigenvalue weighted by Gasteiger charge is 2.17. The summed E-state index contributed by atoms with van der Waals surface area (Å²) in [4.78, 5) is 13.4. The number of rotatable bonds is 12. The van der Waals surface area contributed by atoms with Crippen LogP contribution < -0.4 is 14.8 Å². The average Bonchev–Trinajstić information content (AvgIpc) is 2.84. The van der Waals surface area contributed by atoms with Gasteiger partial charge in [0.2, 0.25) is 5.88 Å². The Morgan fingerprint density at radius 3 is 2.55 bits per heavy atom. The van der Waals surface area contributed by atoms with E-state index in [1.54, 1.807) is 6.20 Å². The molecule has 3 rings (SSSR count). The lowest BCUT2D eigenvalue weighted by molar-refractivity contribution is 0.294. The molecule has 1 aromatic carbocycles. The summed E-state index contributed by atoms with van der Waals surface area (Å²) in [6, 6.07) is 13.8. The zero-order valence-corrected chi connectivity index (χ0v) is 20.1. The van der Waals surface area contributed by atoms with Crippen molar-refractivity contribution < 1.29 is 9.47 Å². The van der Waals surface area contributed by atoms with E-state index in [4.69, 9.17) is 9.47 Å². The molecule has 0 unspecified atom stereocenters. The number of pyridine rings is 1. The first kappa shape index (κ1) is 24.3. The number of nitrogens with zero attached hydrogens (tertiary/aromatic N) is 4. The van der Waals surface area contributed by atoms with Gasteiger partial charge in [0.15, 0.2) is 16.5 Å². The molecule has 8 heteroatoms. The van der Waals surface area contributed by atoms with Crippen LogP contribution in [0.15, 0.2) is 47.8 Å². The fraction of sp³-hybridized carbons (Fsp3) is 0.360. The summed E-state index contributed by atoms with van der Waals surface area (Å²) in [6.45, 7) is 5.38. The quantitative estimate of drug-likeness (QED) is 0.192. The van der Waals surface area contributed by atoms with E-state index in [-0.39, 0.29) is 5.56 Å². The van der Waals surface area contributed by atoms with Gasteiger partial charge in [-0.25, -0.2) is 4.98 Å². The SMILES string of the molecule is CCCCOc1cccnc1-c1cccc(Nc2nc(SC)nc(OCCCC)c2C#N)c1. The van der Waals surface area contributed by atoms with Gasteiger partial charge in [-0.2, -0.15) is 10.2 Å². The molecule has 0 aliphatic rings. The number of ether oxygens (including phenoxy) is 2. The van der Waals surface area contributed by atoms with Crippen molar-refractivity contribution in [1.29, 1.82) is 5.26 Å². The molecule has 172 valence electrons. The molecule has 2 heterocycles. The average molecular weight is 464 g/mol. The molecule has 0 saturated heterocycles. The maximum absolute atomic E-state index is 9.79. The molecule has 0 radical (unpaired) electrons. The topological polar surface area (TPSA) is 92.9 Å². The fourth-order valence-electron chi connectivity index (χ4n) is 3.05. The summed E-state index contributed by atoms with van der Waals surface area (Å²) in [5, 5.41) is 13.6. The molecule has 7 nitrogen and oxygen atoms in total. The van der Waals surface area contributed by atoms with Crippen molar-refractivity contribution in [3.8, 4) is 29.0 Å². The molecule has 0 aliphatic heterocycles. The summed E-state index contributed by atoms with van der Waals surface area (Å²) in [6.07, 6.45) is 7.59. The van der Waals surface area contributed by atoms with E-state index in [1.165, 1.54) is 11.8 Å². The zero-order chi connectivity index (χ0) is 23.5. The van der Waals surface area contributed by atoms with Crippen molar-refractivity contribution in [3.05, 3.63) is 48.2 Å². The van der Waals surface area contributed by atoms with Crippen LogP contribution in [0.25, 0.3) is 11.3 Å². The summed E-state index contributed by atoms with van der Waals surface area (Å²) in [5.74, 6) is 1.47. The van der Waals surface area contributed by atoms with Gasteiger partial charge in [0.1, 0.15) is 17.5 Å². The fourth-order valence-corrected chi connectivity index (χ4v) is 3.41. The molecule has 0 saturated carbocycles. The number of anilines is 2. The van der Waals surface area contributed by atoms with Crippen molar-refractivity contribution in [2.75, 3.05) is 24.8 Å². The largest absolute Gasteiger partial charge is 0.491 e. The molecule has 0 spiro atoms. The highest BCUT2D eigenvalue weighted by Crippen LogP contribution is 2.32. The molecule has 0 amide bonds. The van der Waals surface area contributed by atoms with Gasteiger partial charge in [0.05, 0.1) is 13.2 Å². The van der Waals surface area contributed by atoms with Gasteiger partial charge in [-0.05, 0) is 43.4 Å². The smallest absolute Gasteiger partial charge is 0.238 e. The maximum Gasteiger partial charge on any atom is 0.238 e. The van der Waals surface area contributed by atoms with Gasteiger partial charge < -0.3 is 14.8 Å². The Morgan fingerprint density at radius 1 is 1.03 bits per heavy atom. The minimum Gasteiger partial charge on any atom is -0.491 e. The minimum absolute atomic E-state index is 0.288. The van der Waals surface area contributed by atoms with Crippen LogP contribution in [0.3, 0.4) is 0 Å². The van der Waals surface area contributed by atoms with Crippen molar-refractivity contribution in [1.82, 2.24) is 15.0 Å². The van der Waals surface area contributed by atoms with Crippen molar-refractivity contribution in [3.63, 3.8) is 0 Å². The number of thioether (sulfide) groups is 1. The lowest BCUT2D eigenvalue weighted by Gasteiger charge is -2.14. The second-order valence-electron chi connectivity index (χ2n) is 7.31. The summed E-state index contributed by atoms with van der Waals surface area (Å²) >= 11 is 1.40. The van der Waals surface area contributed by atoms with Crippen molar-refractivity contribution in [2.45, 2.75) is 44.7 Å². The highest BCUT2D eigenvalue weighted by atomic mass is 32.2. The molecule has 0 atom stereocenters. The van der Waals surface area contributed by atoms with E-state index in [2.05, 4.69) is 40.2 Å². The lowest BCUT2D eigenvalue weighted by Crippen LogP contribution is -2.06. The van der Waals surface area contributed by atoms with Crippen LogP contribution in [-0.4, -0.2) is 34.4 Å². The monoisotopic (exact) mass is 463 g/mol. The Labute approximate surface area is 199 Å². The maximum atomic E-state index is 9.79. The van der Waals surface area contributed by atoms with Crippen LogP contribution in [0, 0.1) is 11.3 Å². The lowest BCUT2D eigenvalue weighted by atomic mass is 10.1. The van der Waals surface area contributed by atoms with E-state index in [1.807, 2.05) is 42.7 Å². The van der Waals surface area contributed by atoms with Crippen LogP contribution in [0.2, 0.25) is 0 Å². The summed E-state index contributed by atoms with van der Waals surface area (Å²) in [5.41, 5.74) is 2.74. The third kappa shape index (κ3) is 6.59. The minimum atomic E-state index is 0.288. The number of aromatic nitrogens is 3. The molecular formula is C25H29N5O2S. The standard InChI is InChI=1S/C25H29N5O2S/c1-4-6-14-31-21-12-9-13-27-22(21)18-10-8-11-19(16-18)28-23-20(17-26)24(32-15-7-5-2)30-25(29-23)33-3/h8-13,16H,4-7,14-15H2,1-3H3,(H,28,29,30). The molecule has 2 aromatic heterocycles. The molecular weight excluding hydrogens is 434 g/mol. The number of hydrogen-bond donors (Lipinski definition) is 1. The van der Waals surface area contributed by atoms with Crippen LogP contribution in [0.4, 0.5) is 11.5 Å². The van der Waals surface area contributed by atoms with Crippen molar-refractivity contribution >= 4 is 23.3 Å². The van der Waals surface area contributed by atoms with Crippen LogP contribution in [0.5, 0.6) is 11.6 Å². The second kappa shape index (κ2) is 12.7. The first-order chi connectivity index (χ1) is 16.2.